The third kappa shape index (κ3) is 4.17. The molecule has 1 aromatic carbocycles. The Bertz CT molecular complexity index is 1100. The first-order valence-electron chi connectivity index (χ1n) is 9.80. The molecule has 8 nitrogen and oxygen atoms in total. The maximum absolute atomic E-state index is 5.85. The molecular weight excluding hydrogens is 448 g/mol. The van der Waals surface area contributed by atoms with E-state index in [0.29, 0.717) is 30.0 Å². The molecule has 1 saturated heterocycles. The van der Waals surface area contributed by atoms with Crippen molar-refractivity contribution in [1.29, 1.82) is 0 Å². The van der Waals surface area contributed by atoms with Crippen molar-refractivity contribution in [3.63, 3.8) is 0 Å². The van der Waals surface area contributed by atoms with E-state index in [1.807, 2.05) is 42.5 Å². The molecule has 4 aromatic rings. The summed E-state index contributed by atoms with van der Waals surface area (Å²) >= 11 is 3.43. The fourth-order valence-corrected chi connectivity index (χ4v) is 3.82. The second-order valence-corrected chi connectivity index (χ2v) is 8.15. The van der Waals surface area contributed by atoms with Gasteiger partial charge >= 0.3 is 0 Å². The summed E-state index contributed by atoms with van der Waals surface area (Å²) in [5, 5.41) is 12.5. The first kappa shape index (κ1) is 19.1. The van der Waals surface area contributed by atoms with Crippen molar-refractivity contribution in [2.75, 3.05) is 13.1 Å². The van der Waals surface area contributed by atoms with Gasteiger partial charge in [-0.25, -0.2) is 0 Å². The summed E-state index contributed by atoms with van der Waals surface area (Å²) in [5.41, 5.74) is 1.64. The lowest BCUT2D eigenvalue weighted by Crippen LogP contribution is -2.32. The summed E-state index contributed by atoms with van der Waals surface area (Å²) in [5.74, 6) is 2.65. The van der Waals surface area contributed by atoms with Gasteiger partial charge in [0.15, 0.2) is 0 Å². The van der Waals surface area contributed by atoms with Crippen molar-refractivity contribution in [3.8, 4) is 23.0 Å². The topological polar surface area (TPSA) is 94.0 Å². The number of hydrogen-bond donors (Lipinski definition) is 0. The third-order valence-electron chi connectivity index (χ3n) is 5.19. The minimum atomic E-state index is 0.257. The molecule has 0 spiro atoms. The van der Waals surface area contributed by atoms with E-state index in [4.69, 9.17) is 8.94 Å². The van der Waals surface area contributed by atoms with E-state index in [0.717, 1.165) is 41.7 Å². The van der Waals surface area contributed by atoms with Crippen LogP contribution in [0.25, 0.3) is 23.0 Å². The van der Waals surface area contributed by atoms with Crippen LogP contribution in [0, 0.1) is 0 Å². The van der Waals surface area contributed by atoms with Crippen LogP contribution in [0.15, 0.2) is 62.1 Å². The number of rotatable bonds is 5. The smallest absolute Gasteiger partial charge is 0.247 e. The number of benzene rings is 1. The molecule has 0 N–H and O–H groups in total. The Hall–Kier alpha value is -2.91. The lowest BCUT2D eigenvalue weighted by atomic mass is 9.97. The van der Waals surface area contributed by atoms with Crippen LogP contribution >= 0.6 is 15.9 Å². The molecular formula is C21H19BrN6O2. The average molecular weight is 467 g/mol. The van der Waals surface area contributed by atoms with Crippen molar-refractivity contribution in [2.24, 2.45) is 0 Å². The van der Waals surface area contributed by atoms with Gasteiger partial charge in [-0.2, -0.15) is 4.98 Å². The SMILES string of the molecule is Brc1ccc(-c2nnc(CN3CCC(c4nc(-c5ccccn5)no4)CC3)o2)cc1. The van der Waals surface area contributed by atoms with E-state index in [-0.39, 0.29) is 5.92 Å². The molecule has 0 bridgehead atoms. The Labute approximate surface area is 181 Å². The highest BCUT2D eigenvalue weighted by Crippen LogP contribution is 2.29. The van der Waals surface area contributed by atoms with Gasteiger partial charge in [0, 0.05) is 22.2 Å². The Morgan fingerprint density at radius 2 is 1.87 bits per heavy atom. The maximum atomic E-state index is 5.85. The standard InChI is InChI=1S/C21H19BrN6O2/c22-16-6-4-14(5-7-16)21-26-25-18(29-21)13-28-11-8-15(9-12-28)20-24-19(27-30-20)17-3-1-2-10-23-17/h1-7,10,15H,8-9,11-13H2. The summed E-state index contributed by atoms with van der Waals surface area (Å²) < 4.78 is 12.4. The molecule has 0 saturated carbocycles. The molecule has 4 heterocycles. The second kappa shape index (κ2) is 8.45. The van der Waals surface area contributed by atoms with Gasteiger partial charge in [-0.05, 0) is 62.3 Å². The average Bonchev–Trinajstić information content (AvgIpc) is 3.46. The maximum Gasteiger partial charge on any atom is 0.247 e. The highest BCUT2D eigenvalue weighted by molar-refractivity contribution is 9.10. The fourth-order valence-electron chi connectivity index (χ4n) is 3.56. The van der Waals surface area contributed by atoms with Crippen LogP contribution in [-0.2, 0) is 6.54 Å². The van der Waals surface area contributed by atoms with Gasteiger partial charge in [-0.3, -0.25) is 9.88 Å². The first-order valence-corrected chi connectivity index (χ1v) is 10.6. The number of aromatic nitrogens is 5. The summed E-state index contributed by atoms with van der Waals surface area (Å²) in [6.45, 7) is 2.45. The predicted octanol–water partition coefficient (Wildman–Crippen LogP) is 4.32. The van der Waals surface area contributed by atoms with Crippen LogP contribution in [0.1, 0.15) is 30.5 Å². The molecule has 0 radical (unpaired) electrons. The van der Waals surface area contributed by atoms with Crippen LogP contribution in [0.2, 0.25) is 0 Å². The van der Waals surface area contributed by atoms with Crippen LogP contribution in [0.3, 0.4) is 0 Å². The van der Waals surface area contributed by atoms with E-state index in [9.17, 15) is 0 Å². The second-order valence-electron chi connectivity index (χ2n) is 7.23. The van der Waals surface area contributed by atoms with Crippen molar-refractivity contribution >= 4 is 15.9 Å². The Balaban J connectivity index is 1.18. The highest BCUT2D eigenvalue weighted by atomic mass is 79.9. The lowest BCUT2D eigenvalue weighted by Gasteiger charge is -2.28. The minimum Gasteiger partial charge on any atom is -0.419 e. The zero-order chi connectivity index (χ0) is 20.3. The van der Waals surface area contributed by atoms with Gasteiger partial charge in [0.05, 0.1) is 6.54 Å². The molecule has 3 aromatic heterocycles. The Kier molecular flexibility index (Phi) is 5.37. The monoisotopic (exact) mass is 466 g/mol. The normalized spacial score (nSPS) is 15.5. The summed E-state index contributed by atoms with van der Waals surface area (Å²) in [6.07, 6.45) is 3.61. The zero-order valence-corrected chi connectivity index (χ0v) is 17.7. The van der Waals surface area contributed by atoms with Crippen molar-refractivity contribution in [2.45, 2.75) is 25.3 Å². The first-order chi connectivity index (χ1) is 14.7. The number of hydrogen-bond acceptors (Lipinski definition) is 8. The number of nitrogens with zero attached hydrogens (tertiary/aromatic N) is 6. The lowest BCUT2D eigenvalue weighted by molar-refractivity contribution is 0.174. The van der Waals surface area contributed by atoms with E-state index in [1.54, 1.807) is 6.20 Å². The Morgan fingerprint density at radius 1 is 1.03 bits per heavy atom. The highest BCUT2D eigenvalue weighted by Gasteiger charge is 2.26. The van der Waals surface area contributed by atoms with Crippen LogP contribution in [0.5, 0.6) is 0 Å². The Morgan fingerprint density at radius 3 is 2.63 bits per heavy atom. The predicted molar refractivity (Wildman–Crippen MR) is 112 cm³/mol. The molecule has 1 fully saturated rings. The molecule has 1 aliphatic rings. The van der Waals surface area contributed by atoms with Crippen molar-refractivity contribution in [3.05, 3.63) is 64.9 Å². The van der Waals surface area contributed by atoms with Crippen molar-refractivity contribution in [1.82, 2.24) is 30.2 Å². The number of piperidine rings is 1. The summed E-state index contributed by atoms with van der Waals surface area (Å²) in [7, 11) is 0. The van der Waals surface area contributed by atoms with Gasteiger partial charge in [-0.15, -0.1) is 10.2 Å². The van der Waals surface area contributed by atoms with Gasteiger partial charge in [0.25, 0.3) is 0 Å². The van der Waals surface area contributed by atoms with Crippen LogP contribution in [-0.4, -0.2) is 43.3 Å². The van der Waals surface area contributed by atoms with Gasteiger partial charge < -0.3 is 8.94 Å². The largest absolute Gasteiger partial charge is 0.419 e. The van der Waals surface area contributed by atoms with Gasteiger partial charge in [0.2, 0.25) is 23.5 Å². The summed E-state index contributed by atoms with van der Waals surface area (Å²) in [6, 6.07) is 13.5. The van der Waals surface area contributed by atoms with Gasteiger partial charge in [0.1, 0.15) is 5.69 Å². The minimum absolute atomic E-state index is 0.257. The molecule has 1 aliphatic heterocycles. The molecule has 0 amide bonds. The van der Waals surface area contributed by atoms with E-state index < -0.39 is 0 Å². The fraction of sp³-hybridized carbons (Fsp3) is 0.286. The van der Waals surface area contributed by atoms with E-state index in [2.05, 4.69) is 46.2 Å². The molecule has 0 atom stereocenters. The number of halogens is 1. The zero-order valence-electron chi connectivity index (χ0n) is 16.1. The van der Waals surface area contributed by atoms with E-state index >= 15 is 0 Å². The molecule has 0 unspecified atom stereocenters. The van der Waals surface area contributed by atoms with Gasteiger partial charge in [-0.1, -0.05) is 27.2 Å². The number of pyridine rings is 1. The number of likely N-dealkylation sites (tertiary alicyclic amines) is 1. The van der Waals surface area contributed by atoms with E-state index in [1.165, 1.54) is 0 Å². The quantitative estimate of drug-likeness (QED) is 0.428. The van der Waals surface area contributed by atoms with Crippen LogP contribution < -0.4 is 0 Å². The molecule has 152 valence electrons. The molecule has 9 heteroatoms. The van der Waals surface area contributed by atoms with Crippen LogP contribution in [0.4, 0.5) is 0 Å². The third-order valence-corrected chi connectivity index (χ3v) is 5.72. The molecule has 30 heavy (non-hydrogen) atoms. The van der Waals surface area contributed by atoms with Crippen molar-refractivity contribution < 1.29 is 8.94 Å². The molecule has 5 rings (SSSR count). The summed E-state index contributed by atoms with van der Waals surface area (Å²) in [4.78, 5) is 11.1. The molecule has 0 aliphatic carbocycles.